The van der Waals surface area contributed by atoms with Crippen molar-refractivity contribution in [3.05, 3.63) is 36.5 Å². The number of aliphatic carboxylic acids is 1. The maximum absolute atomic E-state index is 11.8. The van der Waals surface area contributed by atoms with Gasteiger partial charge in [-0.1, -0.05) is 140 Å². The molecule has 2 aliphatic rings. The average Bonchev–Trinajstić information content (AvgIpc) is 3.26. The molecule has 260 valence electrons. The number of hydrogen-bond acceptors (Lipinski definition) is 3. The molecule has 2 aliphatic carbocycles. The van der Waals surface area contributed by atoms with Crippen LogP contribution in [-0.2, 0) is 4.79 Å². The highest BCUT2D eigenvalue weighted by molar-refractivity contribution is 6.21. The first-order valence-corrected chi connectivity index (χ1v) is 19.5. The van der Waals surface area contributed by atoms with Gasteiger partial charge in [0.05, 0.1) is 18.1 Å². The third-order valence-electron chi connectivity index (χ3n) is 11.0. The summed E-state index contributed by atoms with van der Waals surface area (Å²) in [6.07, 6.45) is 39.1. The predicted octanol–water partition coefficient (Wildman–Crippen LogP) is 11.3. The van der Waals surface area contributed by atoms with Gasteiger partial charge in [0, 0.05) is 11.3 Å². The average molecular weight is 649 g/mol. The molecule has 3 N–H and O–H groups in total. The molecule has 0 amide bonds. The minimum atomic E-state index is -0.750. The van der Waals surface area contributed by atoms with Crippen molar-refractivity contribution < 1.29 is 20.1 Å². The van der Waals surface area contributed by atoms with Crippen LogP contribution in [0.4, 0.5) is 0 Å². The summed E-state index contributed by atoms with van der Waals surface area (Å²) < 4.78 is 0. The van der Waals surface area contributed by atoms with E-state index < -0.39 is 18.0 Å². The van der Waals surface area contributed by atoms with Crippen LogP contribution in [0.5, 0.6) is 0 Å². The molecular formula is C40H69ClO4. The summed E-state index contributed by atoms with van der Waals surface area (Å²) in [4.78, 5) is 11.8. The monoisotopic (exact) mass is 648 g/mol. The van der Waals surface area contributed by atoms with Crippen LogP contribution in [0.2, 0.25) is 0 Å². The smallest absolute Gasteiger partial charge is 0.310 e. The third kappa shape index (κ3) is 15.6. The number of aliphatic hydroxyl groups excluding tert-OH is 2. The molecule has 2 rings (SSSR count). The number of rotatable bonds is 27. The normalized spacial score (nSPS) is 24.6. The molecule has 0 heterocycles. The standard InChI is InChI=1S/C40H69ClO4/c1-3-5-6-7-8-9-10-11-12-13-14-15-16-17-18-20-25-33(39(44)45)26-21-19-22-27-34-35(37(42)32-36(34)41)28-23-29-38(43)40(4-2)30-24-31-40/h19-20,22-23,25,28,33-38,42-43H,3-18,21,24,26-27,29-32H2,1-2H3,(H,44,45)/t33?,34-,35-,36-,37-,38+/m1/s1. The Hall–Kier alpha value is -1.10. The Kier molecular flexibility index (Phi) is 21.5. The molecule has 45 heavy (non-hydrogen) atoms. The van der Waals surface area contributed by atoms with Crippen molar-refractivity contribution in [2.75, 3.05) is 0 Å². The van der Waals surface area contributed by atoms with Gasteiger partial charge >= 0.3 is 5.97 Å². The minimum Gasteiger partial charge on any atom is -0.481 e. The fraction of sp³-hybridized carbons (Fsp3) is 0.825. The zero-order chi connectivity index (χ0) is 32.8. The zero-order valence-electron chi connectivity index (χ0n) is 29.0. The van der Waals surface area contributed by atoms with E-state index in [0.29, 0.717) is 25.7 Å². The zero-order valence-corrected chi connectivity index (χ0v) is 29.8. The van der Waals surface area contributed by atoms with Crippen LogP contribution in [0, 0.1) is 23.2 Å². The molecule has 0 bridgehead atoms. The molecule has 0 aromatic carbocycles. The summed E-state index contributed by atoms with van der Waals surface area (Å²) in [7, 11) is 0. The summed E-state index contributed by atoms with van der Waals surface area (Å²) in [6, 6.07) is 0. The Morgan fingerprint density at radius 1 is 0.844 bits per heavy atom. The van der Waals surface area contributed by atoms with Crippen molar-refractivity contribution in [1.82, 2.24) is 0 Å². The first kappa shape index (κ1) is 40.1. The van der Waals surface area contributed by atoms with Crippen LogP contribution >= 0.6 is 11.6 Å². The Morgan fingerprint density at radius 2 is 1.44 bits per heavy atom. The number of aliphatic hydroxyl groups is 2. The van der Waals surface area contributed by atoms with E-state index in [-0.39, 0.29) is 28.7 Å². The Bertz CT molecular complexity index is 842. The molecule has 0 aliphatic heterocycles. The van der Waals surface area contributed by atoms with Gasteiger partial charge in [0.15, 0.2) is 0 Å². The summed E-state index contributed by atoms with van der Waals surface area (Å²) in [5.74, 6) is -1.05. The lowest BCUT2D eigenvalue weighted by molar-refractivity contribution is -0.140. The lowest BCUT2D eigenvalue weighted by Crippen LogP contribution is -2.40. The molecule has 6 atom stereocenters. The number of carbonyl (C=O) groups is 1. The number of allylic oxidation sites excluding steroid dienone is 3. The highest BCUT2D eigenvalue weighted by Gasteiger charge is 2.42. The van der Waals surface area contributed by atoms with E-state index in [9.17, 15) is 20.1 Å². The quantitative estimate of drug-likeness (QED) is 0.0470. The maximum atomic E-state index is 11.8. The Morgan fingerprint density at radius 3 is 1.98 bits per heavy atom. The first-order valence-electron chi connectivity index (χ1n) is 19.1. The highest BCUT2D eigenvalue weighted by atomic mass is 35.5. The second-order valence-corrected chi connectivity index (χ2v) is 14.9. The van der Waals surface area contributed by atoms with Gasteiger partial charge in [0.1, 0.15) is 0 Å². The van der Waals surface area contributed by atoms with Gasteiger partial charge in [-0.05, 0) is 75.5 Å². The molecule has 1 unspecified atom stereocenters. The number of alkyl halides is 1. The van der Waals surface area contributed by atoms with Crippen molar-refractivity contribution in [2.45, 2.75) is 186 Å². The molecule has 0 spiro atoms. The van der Waals surface area contributed by atoms with Crippen molar-refractivity contribution in [3.63, 3.8) is 0 Å². The van der Waals surface area contributed by atoms with Crippen LogP contribution in [0.25, 0.3) is 0 Å². The Labute approximate surface area is 282 Å². The van der Waals surface area contributed by atoms with Crippen molar-refractivity contribution in [3.8, 4) is 0 Å². The summed E-state index contributed by atoms with van der Waals surface area (Å²) in [6.45, 7) is 4.44. The van der Waals surface area contributed by atoms with Gasteiger partial charge in [-0.25, -0.2) is 0 Å². The van der Waals surface area contributed by atoms with Crippen LogP contribution in [-0.4, -0.2) is 38.9 Å². The maximum Gasteiger partial charge on any atom is 0.310 e. The lowest BCUT2D eigenvalue weighted by atomic mass is 9.63. The summed E-state index contributed by atoms with van der Waals surface area (Å²) in [5.41, 5.74) is 0.0880. The Balaban J connectivity index is 1.57. The van der Waals surface area contributed by atoms with E-state index in [0.717, 1.165) is 38.5 Å². The fourth-order valence-electron chi connectivity index (χ4n) is 7.50. The molecule has 0 aromatic heterocycles. The SMILES string of the molecule is CCCCCCCCCCCCCCCCC=CC(CCC=CC[C@@H]1[C@@H](C=CC[C@H](O)C2(CC)CCC2)[C@H](O)C[C@H]1Cl)C(=O)O. The molecule has 0 saturated heterocycles. The van der Waals surface area contributed by atoms with Gasteiger partial charge in [0.2, 0.25) is 0 Å². The van der Waals surface area contributed by atoms with Crippen LogP contribution in [0.1, 0.15) is 168 Å². The van der Waals surface area contributed by atoms with Crippen molar-refractivity contribution >= 4 is 17.6 Å². The van der Waals surface area contributed by atoms with Crippen LogP contribution in [0.15, 0.2) is 36.5 Å². The molecule has 2 saturated carbocycles. The number of carboxylic acid groups (broad SMARTS) is 1. The van der Waals surface area contributed by atoms with E-state index in [1.165, 1.54) is 89.9 Å². The summed E-state index contributed by atoms with van der Waals surface area (Å²) >= 11 is 6.63. The molecule has 2 fully saturated rings. The highest BCUT2D eigenvalue weighted by Crippen LogP contribution is 2.48. The second-order valence-electron chi connectivity index (χ2n) is 14.4. The van der Waals surface area contributed by atoms with Crippen molar-refractivity contribution in [1.29, 1.82) is 0 Å². The van der Waals surface area contributed by atoms with Gasteiger partial charge in [-0.3, -0.25) is 4.79 Å². The molecule has 5 heteroatoms. The fourth-order valence-corrected chi connectivity index (χ4v) is 7.95. The number of carboxylic acids is 1. The van der Waals surface area contributed by atoms with E-state index in [4.69, 9.17) is 11.6 Å². The van der Waals surface area contributed by atoms with Crippen LogP contribution < -0.4 is 0 Å². The largest absolute Gasteiger partial charge is 0.481 e. The van der Waals surface area contributed by atoms with E-state index in [1.54, 1.807) is 0 Å². The van der Waals surface area contributed by atoms with E-state index in [1.807, 2.05) is 6.08 Å². The summed E-state index contributed by atoms with van der Waals surface area (Å²) in [5, 5.41) is 31.0. The number of hydrogen-bond donors (Lipinski definition) is 3. The third-order valence-corrected chi connectivity index (χ3v) is 11.5. The lowest BCUT2D eigenvalue weighted by Gasteiger charge is -2.45. The first-order chi connectivity index (χ1) is 21.8. The van der Waals surface area contributed by atoms with Gasteiger partial charge in [-0.2, -0.15) is 0 Å². The minimum absolute atomic E-state index is 0.00655. The van der Waals surface area contributed by atoms with Gasteiger partial charge in [-0.15, -0.1) is 11.6 Å². The molecular weight excluding hydrogens is 580 g/mol. The van der Waals surface area contributed by atoms with E-state index >= 15 is 0 Å². The topological polar surface area (TPSA) is 77.8 Å². The number of halogens is 1. The molecule has 4 nitrogen and oxygen atoms in total. The molecule has 0 aromatic rings. The van der Waals surface area contributed by atoms with Crippen molar-refractivity contribution in [2.24, 2.45) is 23.2 Å². The van der Waals surface area contributed by atoms with Gasteiger partial charge in [0.25, 0.3) is 0 Å². The predicted molar refractivity (Wildman–Crippen MR) is 192 cm³/mol. The molecule has 0 radical (unpaired) electrons. The second kappa shape index (κ2) is 24.1. The van der Waals surface area contributed by atoms with Crippen LogP contribution in [0.3, 0.4) is 0 Å². The van der Waals surface area contributed by atoms with Gasteiger partial charge < -0.3 is 15.3 Å². The van der Waals surface area contributed by atoms with E-state index in [2.05, 4.69) is 44.2 Å². The number of unbranched alkanes of at least 4 members (excludes halogenated alkanes) is 14.